The van der Waals surface area contributed by atoms with Crippen LogP contribution in [0.2, 0.25) is 0 Å². The smallest absolute Gasteiger partial charge is 0.253 e. The van der Waals surface area contributed by atoms with Gasteiger partial charge in [-0.05, 0) is 29.8 Å². The maximum atomic E-state index is 12.1. The van der Waals surface area contributed by atoms with Gasteiger partial charge in [-0.15, -0.1) is 10.2 Å². The Morgan fingerprint density at radius 1 is 1.12 bits per heavy atom. The second-order valence-electron chi connectivity index (χ2n) is 7.39. The van der Waals surface area contributed by atoms with Crippen LogP contribution in [-0.2, 0) is 0 Å². The van der Waals surface area contributed by atoms with E-state index in [9.17, 15) is 9.90 Å². The zero-order valence-corrected chi connectivity index (χ0v) is 18.1. The van der Waals surface area contributed by atoms with Gasteiger partial charge in [0.05, 0.1) is 18.2 Å². The zero-order valence-electron chi connectivity index (χ0n) is 18.1. The van der Waals surface area contributed by atoms with Crippen molar-refractivity contribution in [3.05, 3.63) is 78.3 Å². The Morgan fingerprint density at radius 3 is 2.52 bits per heavy atom. The number of carbonyl (C=O) groups is 1. The van der Waals surface area contributed by atoms with Gasteiger partial charge in [-0.3, -0.25) is 4.79 Å². The van der Waals surface area contributed by atoms with Crippen LogP contribution < -0.4 is 10.6 Å². The molecule has 0 aliphatic heterocycles. The van der Waals surface area contributed by atoms with E-state index in [-0.39, 0.29) is 18.4 Å². The fourth-order valence-corrected chi connectivity index (χ4v) is 3.17. The van der Waals surface area contributed by atoms with Gasteiger partial charge < -0.3 is 25.1 Å². The molecule has 0 saturated heterocycles. The molecule has 0 unspecified atom stereocenters. The van der Waals surface area contributed by atoms with E-state index in [4.69, 9.17) is 4.42 Å². The largest absolute Gasteiger partial charge is 0.423 e. The predicted molar refractivity (Wildman–Crippen MR) is 123 cm³/mol. The van der Waals surface area contributed by atoms with Crippen molar-refractivity contribution < 1.29 is 14.3 Å². The van der Waals surface area contributed by atoms with Gasteiger partial charge in [-0.2, -0.15) is 4.98 Å². The van der Waals surface area contributed by atoms with Crippen molar-refractivity contribution in [3.8, 4) is 11.5 Å². The number of benzene rings is 2. The quantitative estimate of drug-likeness (QED) is 0.374. The highest BCUT2D eigenvalue weighted by molar-refractivity contribution is 5.94. The lowest BCUT2D eigenvalue weighted by Gasteiger charge is -2.19. The molecule has 0 bridgehead atoms. The number of aliphatic hydroxyl groups excluding tert-OH is 1. The molecule has 4 aromatic rings. The van der Waals surface area contributed by atoms with Crippen molar-refractivity contribution in [2.24, 2.45) is 0 Å². The Labute approximate surface area is 190 Å². The van der Waals surface area contributed by atoms with Crippen molar-refractivity contribution >= 4 is 23.4 Å². The zero-order chi connectivity index (χ0) is 23.2. The fourth-order valence-electron chi connectivity index (χ4n) is 3.17. The van der Waals surface area contributed by atoms with Crippen molar-refractivity contribution in [1.82, 2.24) is 25.1 Å². The first-order valence-corrected chi connectivity index (χ1v) is 10.2. The molecule has 0 aliphatic rings. The first-order chi connectivity index (χ1) is 16.0. The normalized spacial score (nSPS) is 11.6. The summed E-state index contributed by atoms with van der Waals surface area (Å²) in [6.45, 7) is -0.151. The van der Waals surface area contributed by atoms with Gasteiger partial charge in [0, 0.05) is 31.5 Å². The third kappa shape index (κ3) is 5.13. The molecule has 33 heavy (non-hydrogen) atoms. The molecule has 0 aliphatic carbocycles. The molecule has 2 aromatic heterocycles. The van der Waals surface area contributed by atoms with E-state index < -0.39 is 6.04 Å². The molecule has 10 nitrogen and oxygen atoms in total. The van der Waals surface area contributed by atoms with Crippen molar-refractivity contribution in [2.75, 3.05) is 31.3 Å². The molecular weight excluding hydrogens is 422 g/mol. The van der Waals surface area contributed by atoms with Gasteiger partial charge in [0.15, 0.2) is 0 Å². The Hall–Kier alpha value is -4.31. The summed E-state index contributed by atoms with van der Waals surface area (Å²) in [7, 11) is 3.41. The highest BCUT2D eigenvalue weighted by atomic mass is 16.4. The third-order valence-corrected chi connectivity index (χ3v) is 4.87. The number of aliphatic hydroxyl groups is 1. The molecule has 2 aromatic carbocycles. The maximum Gasteiger partial charge on any atom is 0.253 e. The van der Waals surface area contributed by atoms with Crippen LogP contribution in [0.25, 0.3) is 11.5 Å². The number of nitrogens with one attached hydrogen (secondary N) is 2. The molecule has 10 heteroatoms. The number of amides is 1. The monoisotopic (exact) mass is 445 g/mol. The average Bonchev–Trinajstić information content (AvgIpc) is 3.38. The molecule has 0 fully saturated rings. The molecule has 0 spiro atoms. The van der Waals surface area contributed by atoms with Crippen LogP contribution in [-0.4, -0.2) is 56.8 Å². The van der Waals surface area contributed by atoms with Gasteiger partial charge >= 0.3 is 0 Å². The lowest BCUT2D eigenvalue weighted by Crippen LogP contribution is -2.21. The summed E-state index contributed by atoms with van der Waals surface area (Å²) in [6.07, 6.45) is 2.79. The summed E-state index contributed by atoms with van der Waals surface area (Å²) in [5, 5.41) is 24.0. The van der Waals surface area contributed by atoms with Crippen LogP contribution in [0.1, 0.15) is 22.0 Å². The molecule has 2 heterocycles. The summed E-state index contributed by atoms with van der Waals surface area (Å²) in [6, 6.07) is 16.1. The Kier molecular flexibility index (Phi) is 6.56. The van der Waals surface area contributed by atoms with E-state index in [2.05, 4.69) is 30.8 Å². The topological polar surface area (TPSA) is 129 Å². The van der Waals surface area contributed by atoms with E-state index in [0.717, 1.165) is 5.56 Å². The Balaban J connectivity index is 1.62. The third-order valence-electron chi connectivity index (χ3n) is 4.87. The van der Waals surface area contributed by atoms with Gasteiger partial charge in [0.1, 0.15) is 5.82 Å². The van der Waals surface area contributed by atoms with Gasteiger partial charge in [0.25, 0.3) is 11.8 Å². The minimum atomic E-state index is -0.410. The second kappa shape index (κ2) is 9.88. The van der Waals surface area contributed by atoms with E-state index >= 15 is 0 Å². The number of nitrogens with zero attached hydrogens (tertiary/aromatic N) is 5. The maximum absolute atomic E-state index is 12.1. The molecule has 0 radical (unpaired) electrons. The first-order valence-electron chi connectivity index (χ1n) is 10.2. The van der Waals surface area contributed by atoms with Gasteiger partial charge in [0.2, 0.25) is 12.3 Å². The number of carbonyl (C=O) groups excluding carboxylic acids is 1. The van der Waals surface area contributed by atoms with Crippen molar-refractivity contribution in [3.63, 3.8) is 0 Å². The lowest BCUT2D eigenvalue weighted by atomic mass is 10.1. The van der Waals surface area contributed by atoms with E-state index in [1.54, 1.807) is 44.6 Å². The number of aromatic nitrogens is 4. The highest BCUT2D eigenvalue weighted by Crippen LogP contribution is 2.29. The fraction of sp³-hybridized carbons (Fsp3) is 0.174. The summed E-state index contributed by atoms with van der Waals surface area (Å²) >= 11 is 0. The molecule has 0 saturated carbocycles. The van der Waals surface area contributed by atoms with E-state index in [1.807, 2.05) is 30.3 Å². The van der Waals surface area contributed by atoms with Gasteiger partial charge in [-0.1, -0.05) is 30.3 Å². The van der Waals surface area contributed by atoms with Crippen LogP contribution in [0.4, 0.5) is 17.5 Å². The van der Waals surface area contributed by atoms with Gasteiger partial charge in [-0.25, -0.2) is 4.98 Å². The van der Waals surface area contributed by atoms with E-state index in [1.165, 1.54) is 11.3 Å². The van der Waals surface area contributed by atoms with Crippen LogP contribution in [0.3, 0.4) is 0 Å². The number of hydrogen-bond acceptors (Lipinski definition) is 9. The summed E-state index contributed by atoms with van der Waals surface area (Å²) in [4.78, 5) is 22.5. The number of rotatable bonds is 8. The molecule has 1 amide bonds. The van der Waals surface area contributed by atoms with Crippen LogP contribution in [0.15, 0.2) is 71.6 Å². The van der Waals surface area contributed by atoms with Crippen LogP contribution in [0, 0.1) is 0 Å². The minimum Gasteiger partial charge on any atom is -0.423 e. The highest BCUT2D eigenvalue weighted by Gasteiger charge is 2.18. The standard InChI is InChI=1S/C23H23N7O3/c1-30(2)22(32)16-8-10-17(11-9-16)26-23-24-12-18(21-29-25-14-33-21)20(28-23)27-19(13-31)15-6-4-3-5-7-15/h3-12,14,19,31H,13H2,1-2H3,(H2,24,26,27,28)/t19-/m1/s1. The van der Waals surface area contributed by atoms with Crippen molar-refractivity contribution in [2.45, 2.75) is 6.04 Å². The second-order valence-corrected chi connectivity index (χ2v) is 7.39. The Morgan fingerprint density at radius 2 is 1.88 bits per heavy atom. The molecule has 168 valence electrons. The number of anilines is 3. The average molecular weight is 445 g/mol. The number of hydrogen-bond donors (Lipinski definition) is 3. The molecule has 3 N–H and O–H groups in total. The summed E-state index contributed by atoms with van der Waals surface area (Å²) < 4.78 is 5.33. The molecule has 4 rings (SSSR count). The first kappa shape index (κ1) is 21.9. The molecular formula is C23H23N7O3. The van der Waals surface area contributed by atoms with Crippen LogP contribution in [0.5, 0.6) is 0 Å². The predicted octanol–water partition coefficient (Wildman–Crippen LogP) is 3.12. The molecule has 1 atom stereocenters. The summed E-state index contributed by atoms with van der Waals surface area (Å²) in [5.74, 6) is 0.903. The van der Waals surface area contributed by atoms with Crippen LogP contribution >= 0.6 is 0 Å². The lowest BCUT2D eigenvalue weighted by molar-refractivity contribution is 0.0827. The minimum absolute atomic E-state index is 0.0795. The van der Waals surface area contributed by atoms with E-state index in [0.29, 0.717) is 28.6 Å². The summed E-state index contributed by atoms with van der Waals surface area (Å²) in [5.41, 5.74) is 2.68. The SMILES string of the molecule is CN(C)C(=O)c1ccc(Nc2ncc(-c3nnco3)c(N[C@H](CO)c3ccccc3)n2)cc1. The van der Waals surface area contributed by atoms with Crippen molar-refractivity contribution in [1.29, 1.82) is 0 Å². The Bertz CT molecular complexity index is 1200.